The van der Waals surface area contributed by atoms with Gasteiger partial charge in [-0.05, 0) is 121 Å². The minimum Gasteiger partial charge on any atom is -0.399 e. The van der Waals surface area contributed by atoms with Crippen LogP contribution in [0.15, 0.2) is 141 Å². The van der Waals surface area contributed by atoms with Crippen molar-refractivity contribution in [1.29, 1.82) is 0 Å². The molecule has 334 valence electrons. The second-order valence-corrected chi connectivity index (χ2v) is 17.9. The number of nitrogens with two attached hydrogens (primary N) is 10. The van der Waals surface area contributed by atoms with Crippen LogP contribution in [0.5, 0.6) is 0 Å². The summed E-state index contributed by atoms with van der Waals surface area (Å²) in [7, 11) is -17.7. The van der Waals surface area contributed by atoms with Gasteiger partial charge in [0.1, 0.15) is 9.79 Å². The predicted octanol–water partition coefficient (Wildman–Crippen LogP) is 2.91. The molecule has 26 heteroatoms. The number of nitrogen functional groups attached to an aromatic ring is 10. The zero-order chi connectivity index (χ0) is 47.4. The van der Waals surface area contributed by atoms with Crippen molar-refractivity contribution in [3.63, 3.8) is 0 Å². The minimum absolute atomic E-state index is 0.0749. The number of benzene rings is 6. The summed E-state index contributed by atoms with van der Waals surface area (Å²) in [5, 5.41) is 0. The minimum atomic E-state index is -4.79. The number of anilines is 10. The summed E-state index contributed by atoms with van der Waals surface area (Å²) in [6, 6.07) is 28.6. The Kier molecular flexibility index (Phi) is 17.3. The second kappa shape index (κ2) is 21.0. The number of hydrogen-bond acceptors (Lipinski definition) is 18. The number of hydrogen-bond donors (Lipinski definition) is 14. The highest BCUT2D eigenvalue weighted by Gasteiger charge is 2.25. The van der Waals surface area contributed by atoms with Crippen LogP contribution in [0.3, 0.4) is 0 Å². The lowest BCUT2D eigenvalue weighted by Crippen LogP contribution is -2.09. The zero-order valence-electron chi connectivity index (χ0n) is 32.0. The van der Waals surface area contributed by atoms with Crippen LogP contribution in [0.2, 0.25) is 0 Å². The molecule has 0 spiro atoms. The van der Waals surface area contributed by atoms with Crippen molar-refractivity contribution >= 4 is 97.3 Å². The van der Waals surface area contributed by atoms with E-state index in [2.05, 4.69) is 0 Å². The van der Waals surface area contributed by atoms with E-state index in [1.165, 1.54) is 48.5 Å². The molecule has 0 atom stereocenters. The Hall–Kier alpha value is -7.04. The standard InChI is InChI=1S/C12H14N4O6S2.2C6H8N2.2C6H7NO3S/c13-7-1-5(11(3-9(7)15)23(17,18)19)6-2-8(14)10(16)4-12(6)24(20,21)22;2*7-5-1-2-6(8)4-3-5;2*7-5-1-3-6(4-2-5)11(8,9)10/h1-4H,13-16H2,(H,17,18,19)(H,20,21,22);2*1-4H,7-8H2;2*1-4H,7H2,(H,8,9,10). The van der Waals surface area contributed by atoms with Crippen LogP contribution in [0.1, 0.15) is 0 Å². The van der Waals surface area contributed by atoms with Gasteiger partial charge in [0.2, 0.25) is 0 Å². The maximum Gasteiger partial charge on any atom is 0.295 e. The van der Waals surface area contributed by atoms with Gasteiger partial charge in [0, 0.05) is 45.3 Å². The first kappa shape index (κ1) is 51.1. The third kappa shape index (κ3) is 16.5. The fraction of sp³-hybridized carbons (Fsp3) is 0. The van der Waals surface area contributed by atoms with Gasteiger partial charge in [-0.3, -0.25) is 18.2 Å². The predicted molar refractivity (Wildman–Crippen MR) is 241 cm³/mol. The molecule has 0 fully saturated rings. The van der Waals surface area contributed by atoms with Crippen LogP contribution in [-0.4, -0.2) is 51.9 Å². The van der Waals surface area contributed by atoms with E-state index in [-0.39, 0.29) is 43.7 Å². The van der Waals surface area contributed by atoms with Crippen molar-refractivity contribution in [2.75, 3.05) is 57.3 Å². The van der Waals surface area contributed by atoms with E-state index < -0.39 is 50.3 Å². The van der Waals surface area contributed by atoms with E-state index in [1.807, 2.05) is 0 Å². The van der Waals surface area contributed by atoms with Gasteiger partial charge >= 0.3 is 0 Å². The molecule has 0 amide bonds. The Balaban J connectivity index is 0.000000291. The van der Waals surface area contributed by atoms with E-state index in [4.69, 9.17) is 66.4 Å². The molecule has 0 unspecified atom stereocenters. The molecule has 0 saturated heterocycles. The van der Waals surface area contributed by atoms with Crippen LogP contribution in [0.4, 0.5) is 56.9 Å². The molecular weight excluding hydrogens is 893 g/mol. The van der Waals surface area contributed by atoms with Gasteiger partial charge in [-0.1, -0.05) is 0 Å². The van der Waals surface area contributed by atoms with Gasteiger partial charge in [0.25, 0.3) is 40.5 Å². The Morgan fingerprint density at radius 2 is 0.452 bits per heavy atom. The highest BCUT2D eigenvalue weighted by molar-refractivity contribution is 7.86. The van der Waals surface area contributed by atoms with E-state index in [1.54, 1.807) is 48.5 Å². The van der Waals surface area contributed by atoms with Crippen molar-refractivity contribution in [3.8, 4) is 11.1 Å². The quantitative estimate of drug-likeness (QED) is 0.0872. The van der Waals surface area contributed by atoms with Gasteiger partial charge < -0.3 is 57.3 Å². The highest BCUT2D eigenvalue weighted by atomic mass is 32.2. The first-order valence-corrected chi connectivity index (χ1v) is 22.4. The molecule has 0 aliphatic heterocycles. The molecule has 6 rings (SSSR count). The van der Waals surface area contributed by atoms with Gasteiger partial charge in [0.05, 0.1) is 32.5 Å². The Labute approximate surface area is 357 Å². The Bertz CT molecular complexity index is 2680. The van der Waals surface area contributed by atoms with Gasteiger partial charge in [-0.25, -0.2) is 0 Å². The van der Waals surface area contributed by atoms with E-state index in [0.717, 1.165) is 47.0 Å². The summed E-state index contributed by atoms with van der Waals surface area (Å²) in [5.74, 6) is 0. The third-order valence-corrected chi connectivity index (χ3v) is 11.0. The molecule has 0 radical (unpaired) electrons. The van der Waals surface area contributed by atoms with Crippen molar-refractivity contribution in [2.45, 2.75) is 19.6 Å². The largest absolute Gasteiger partial charge is 0.399 e. The third-order valence-electron chi connectivity index (χ3n) is 7.45. The van der Waals surface area contributed by atoms with E-state index in [0.29, 0.717) is 11.4 Å². The SMILES string of the molecule is Nc1cc(-c2cc(N)c(N)cc2S(=O)(=O)O)c(S(=O)(=O)O)cc1N.Nc1ccc(N)cc1.Nc1ccc(N)cc1.Nc1ccc(S(=O)(=O)O)cc1.Nc1ccc(S(=O)(=O)O)cc1. The van der Waals surface area contributed by atoms with Crippen LogP contribution in [0, 0.1) is 0 Å². The second-order valence-electron chi connectivity index (χ2n) is 12.3. The van der Waals surface area contributed by atoms with Crippen LogP contribution in [0.25, 0.3) is 11.1 Å². The molecule has 0 saturated carbocycles. The lowest BCUT2D eigenvalue weighted by Gasteiger charge is -2.15. The summed E-state index contributed by atoms with van der Waals surface area (Å²) in [6.07, 6.45) is 0. The average molecular weight is 937 g/mol. The molecule has 6 aromatic carbocycles. The normalized spacial score (nSPS) is 11.1. The van der Waals surface area contributed by atoms with Gasteiger partial charge in [-0.15, -0.1) is 0 Å². The Morgan fingerprint density at radius 3 is 0.629 bits per heavy atom. The smallest absolute Gasteiger partial charge is 0.295 e. The molecule has 22 nitrogen and oxygen atoms in total. The summed E-state index contributed by atoms with van der Waals surface area (Å²) < 4.78 is 124. The van der Waals surface area contributed by atoms with Crippen molar-refractivity contribution in [3.05, 3.63) is 121 Å². The molecule has 0 bridgehead atoms. The summed E-state index contributed by atoms with van der Waals surface area (Å²) in [4.78, 5) is -1.70. The average Bonchev–Trinajstić information content (AvgIpc) is 3.16. The summed E-state index contributed by atoms with van der Waals surface area (Å²) in [6.45, 7) is 0. The number of rotatable bonds is 5. The van der Waals surface area contributed by atoms with Crippen molar-refractivity contribution in [1.82, 2.24) is 0 Å². The highest BCUT2D eigenvalue weighted by Crippen LogP contribution is 2.39. The van der Waals surface area contributed by atoms with Crippen molar-refractivity contribution in [2.24, 2.45) is 0 Å². The van der Waals surface area contributed by atoms with Gasteiger partial charge in [-0.2, -0.15) is 33.7 Å². The molecule has 24 N–H and O–H groups in total. The van der Waals surface area contributed by atoms with Crippen LogP contribution in [-0.2, 0) is 40.5 Å². The monoisotopic (exact) mass is 936 g/mol. The zero-order valence-corrected chi connectivity index (χ0v) is 35.3. The lowest BCUT2D eigenvalue weighted by atomic mass is 10.0. The topological polar surface area (TPSA) is 478 Å². The summed E-state index contributed by atoms with van der Waals surface area (Å²) in [5.41, 5.74) is 57.2. The van der Waals surface area contributed by atoms with Crippen LogP contribution >= 0.6 is 0 Å². The van der Waals surface area contributed by atoms with E-state index >= 15 is 0 Å². The molecule has 0 aromatic heterocycles. The maximum absolute atomic E-state index is 11.6. The fourth-order valence-electron chi connectivity index (χ4n) is 4.34. The molecule has 0 aliphatic rings. The molecular formula is C36H44N10O12S4. The molecule has 62 heavy (non-hydrogen) atoms. The van der Waals surface area contributed by atoms with Crippen molar-refractivity contribution < 1.29 is 51.9 Å². The molecule has 0 aliphatic carbocycles. The first-order chi connectivity index (χ1) is 28.4. The van der Waals surface area contributed by atoms with Crippen LogP contribution < -0.4 is 57.3 Å². The van der Waals surface area contributed by atoms with E-state index in [9.17, 15) is 42.8 Å². The first-order valence-electron chi connectivity index (χ1n) is 16.6. The molecule has 0 heterocycles. The lowest BCUT2D eigenvalue weighted by molar-refractivity contribution is 0.480. The maximum atomic E-state index is 11.6. The summed E-state index contributed by atoms with van der Waals surface area (Å²) >= 11 is 0. The van der Waals surface area contributed by atoms with Gasteiger partial charge in [0.15, 0.2) is 0 Å². The fourth-order valence-corrected chi connectivity index (χ4v) is 6.75. The molecule has 6 aromatic rings. The Morgan fingerprint density at radius 1 is 0.274 bits per heavy atom.